The fourth-order valence-corrected chi connectivity index (χ4v) is 1.17. The van der Waals surface area contributed by atoms with Gasteiger partial charge in [-0.3, -0.25) is 4.68 Å². The van der Waals surface area contributed by atoms with Crippen LogP contribution in [-0.2, 0) is 12.1 Å². The summed E-state index contributed by atoms with van der Waals surface area (Å²) in [6.07, 6.45) is 3.90. The maximum absolute atomic E-state index is 8.86. The van der Waals surface area contributed by atoms with Crippen molar-refractivity contribution in [2.75, 3.05) is 6.61 Å². The van der Waals surface area contributed by atoms with E-state index >= 15 is 0 Å². The molecule has 0 aliphatic heterocycles. The highest BCUT2D eigenvalue weighted by molar-refractivity contribution is 5.05. The zero-order valence-electron chi connectivity index (χ0n) is 9.99. The SMILES string of the molecule is C[C@@H](CO)NCc1cnn(C(C)(C)C)c1. The fourth-order valence-electron chi connectivity index (χ4n) is 1.17. The second kappa shape index (κ2) is 4.77. The van der Waals surface area contributed by atoms with E-state index in [4.69, 9.17) is 5.11 Å². The molecule has 4 nitrogen and oxygen atoms in total. The lowest BCUT2D eigenvalue weighted by molar-refractivity contribution is 0.251. The summed E-state index contributed by atoms with van der Waals surface area (Å²) >= 11 is 0. The molecule has 0 saturated carbocycles. The lowest BCUT2D eigenvalue weighted by atomic mass is 10.1. The maximum atomic E-state index is 8.86. The lowest BCUT2D eigenvalue weighted by Gasteiger charge is -2.18. The van der Waals surface area contributed by atoms with E-state index < -0.39 is 0 Å². The first-order valence-electron chi connectivity index (χ1n) is 5.31. The number of hydrogen-bond acceptors (Lipinski definition) is 3. The van der Waals surface area contributed by atoms with Crippen LogP contribution in [0.2, 0.25) is 0 Å². The third kappa shape index (κ3) is 3.64. The van der Waals surface area contributed by atoms with Gasteiger partial charge in [0.2, 0.25) is 0 Å². The van der Waals surface area contributed by atoms with E-state index in [1.807, 2.05) is 24.0 Å². The summed E-state index contributed by atoms with van der Waals surface area (Å²) in [7, 11) is 0. The second-order valence-electron chi connectivity index (χ2n) is 4.93. The monoisotopic (exact) mass is 211 g/mol. The van der Waals surface area contributed by atoms with Crippen molar-refractivity contribution in [2.24, 2.45) is 0 Å². The highest BCUT2D eigenvalue weighted by atomic mass is 16.3. The summed E-state index contributed by atoms with van der Waals surface area (Å²) in [5.41, 5.74) is 1.17. The van der Waals surface area contributed by atoms with E-state index in [1.54, 1.807) is 0 Å². The number of aromatic nitrogens is 2. The Morgan fingerprint density at radius 3 is 2.67 bits per heavy atom. The molecule has 2 N–H and O–H groups in total. The molecule has 1 aromatic rings. The third-order valence-electron chi connectivity index (χ3n) is 2.25. The second-order valence-corrected chi connectivity index (χ2v) is 4.93. The summed E-state index contributed by atoms with van der Waals surface area (Å²) in [6.45, 7) is 9.22. The minimum atomic E-state index is 0.0286. The van der Waals surface area contributed by atoms with Gasteiger partial charge in [0.1, 0.15) is 0 Å². The van der Waals surface area contributed by atoms with Gasteiger partial charge in [0, 0.05) is 24.3 Å². The Balaban J connectivity index is 2.54. The Bertz CT molecular complexity index is 301. The fraction of sp³-hybridized carbons (Fsp3) is 0.727. The maximum Gasteiger partial charge on any atom is 0.0582 e. The summed E-state index contributed by atoms with van der Waals surface area (Å²) < 4.78 is 1.95. The Hall–Kier alpha value is -0.870. The van der Waals surface area contributed by atoms with Crippen molar-refractivity contribution in [3.63, 3.8) is 0 Å². The number of hydrogen-bond donors (Lipinski definition) is 2. The Kier molecular flexibility index (Phi) is 3.88. The molecule has 0 aliphatic carbocycles. The summed E-state index contributed by atoms with van der Waals surface area (Å²) in [5, 5.41) is 16.4. The summed E-state index contributed by atoms with van der Waals surface area (Å²) in [4.78, 5) is 0. The molecule has 0 fully saturated rings. The van der Waals surface area contributed by atoms with E-state index in [-0.39, 0.29) is 18.2 Å². The molecule has 0 spiro atoms. The molecule has 0 unspecified atom stereocenters. The zero-order valence-corrected chi connectivity index (χ0v) is 9.99. The molecule has 1 atom stereocenters. The van der Waals surface area contributed by atoms with Gasteiger partial charge in [0.15, 0.2) is 0 Å². The Morgan fingerprint density at radius 1 is 1.53 bits per heavy atom. The molecule has 4 heteroatoms. The first kappa shape index (κ1) is 12.2. The minimum Gasteiger partial charge on any atom is -0.395 e. The molecule has 1 aromatic heterocycles. The number of aliphatic hydroxyl groups excluding tert-OH is 1. The van der Waals surface area contributed by atoms with E-state index in [9.17, 15) is 0 Å². The quantitative estimate of drug-likeness (QED) is 0.784. The average Bonchev–Trinajstić information content (AvgIpc) is 2.61. The van der Waals surface area contributed by atoms with Gasteiger partial charge in [-0.25, -0.2) is 0 Å². The van der Waals surface area contributed by atoms with Crippen molar-refractivity contribution >= 4 is 0 Å². The molecule has 15 heavy (non-hydrogen) atoms. The van der Waals surface area contributed by atoms with Gasteiger partial charge in [0.05, 0.1) is 18.3 Å². The first-order valence-corrected chi connectivity index (χ1v) is 5.31. The predicted molar refractivity (Wildman–Crippen MR) is 60.6 cm³/mol. The van der Waals surface area contributed by atoms with Gasteiger partial charge in [-0.2, -0.15) is 5.10 Å². The van der Waals surface area contributed by atoms with Crippen molar-refractivity contribution in [1.29, 1.82) is 0 Å². The molecule has 1 heterocycles. The van der Waals surface area contributed by atoms with Crippen LogP contribution in [0.25, 0.3) is 0 Å². The van der Waals surface area contributed by atoms with E-state index in [2.05, 4.69) is 31.2 Å². The van der Waals surface area contributed by atoms with Gasteiger partial charge in [-0.05, 0) is 27.7 Å². The van der Waals surface area contributed by atoms with Crippen LogP contribution in [0.3, 0.4) is 0 Å². The van der Waals surface area contributed by atoms with Gasteiger partial charge >= 0.3 is 0 Å². The molecule has 0 aliphatic rings. The predicted octanol–water partition coefficient (Wildman–Crippen LogP) is 1.11. The van der Waals surface area contributed by atoms with Gasteiger partial charge in [-0.1, -0.05) is 0 Å². The van der Waals surface area contributed by atoms with Crippen molar-refractivity contribution in [1.82, 2.24) is 15.1 Å². The van der Waals surface area contributed by atoms with Crippen molar-refractivity contribution in [3.05, 3.63) is 18.0 Å². The van der Waals surface area contributed by atoms with Crippen molar-refractivity contribution < 1.29 is 5.11 Å². The topological polar surface area (TPSA) is 50.1 Å². The van der Waals surface area contributed by atoms with Crippen LogP contribution >= 0.6 is 0 Å². The van der Waals surface area contributed by atoms with Gasteiger partial charge in [-0.15, -0.1) is 0 Å². The molecule has 0 aromatic carbocycles. The smallest absolute Gasteiger partial charge is 0.0582 e. The standard InChI is InChI=1S/C11H21N3O/c1-9(8-15)12-5-10-6-13-14(7-10)11(2,3)4/h6-7,9,12,15H,5,8H2,1-4H3/t9-/m0/s1. The van der Waals surface area contributed by atoms with Gasteiger partial charge in [0.25, 0.3) is 0 Å². The molecule has 86 valence electrons. The largest absolute Gasteiger partial charge is 0.395 e. The summed E-state index contributed by atoms with van der Waals surface area (Å²) in [5.74, 6) is 0. The number of rotatable bonds is 4. The van der Waals surface area contributed by atoms with Crippen LogP contribution in [-0.4, -0.2) is 27.5 Å². The third-order valence-corrected chi connectivity index (χ3v) is 2.25. The van der Waals surface area contributed by atoms with Crippen LogP contribution in [0.15, 0.2) is 12.4 Å². The van der Waals surface area contributed by atoms with Crippen molar-refractivity contribution in [2.45, 2.75) is 45.8 Å². The van der Waals surface area contributed by atoms with E-state index in [1.165, 1.54) is 0 Å². The lowest BCUT2D eigenvalue weighted by Crippen LogP contribution is -2.28. The number of aliphatic hydroxyl groups is 1. The van der Waals surface area contributed by atoms with Crippen LogP contribution < -0.4 is 5.32 Å². The van der Waals surface area contributed by atoms with Crippen molar-refractivity contribution in [3.8, 4) is 0 Å². The molecular formula is C11H21N3O. The number of nitrogens with zero attached hydrogens (tertiary/aromatic N) is 2. The highest BCUT2D eigenvalue weighted by Crippen LogP contribution is 2.12. The summed E-state index contributed by atoms with van der Waals surface area (Å²) in [6, 6.07) is 0.128. The first-order chi connectivity index (χ1) is 6.93. The number of nitrogens with one attached hydrogen (secondary N) is 1. The molecule has 0 radical (unpaired) electrons. The Morgan fingerprint density at radius 2 is 2.20 bits per heavy atom. The van der Waals surface area contributed by atoms with Crippen LogP contribution in [0.1, 0.15) is 33.3 Å². The molecule has 0 bridgehead atoms. The van der Waals surface area contributed by atoms with E-state index in [0.717, 1.165) is 12.1 Å². The molecule has 1 rings (SSSR count). The minimum absolute atomic E-state index is 0.0286. The average molecular weight is 211 g/mol. The normalized spacial score (nSPS) is 14.2. The Labute approximate surface area is 91.3 Å². The van der Waals surface area contributed by atoms with Gasteiger partial charge < -0.3 is 10.4 Å². The highest BCUT2D eigenvalue weighted by Gasteiger charge is 2.13. The van der Waals surface area contributed by atoms with Crippen LogP contribution in [0, 0.1) is 0 Å². The molecule has 0 amide bonds. The van der Waals surface area contributed by atoms with E-state index in [0.29, 0.717) is 0 Å². The molecule has 0 saturated heterocycles. The zero-order chi connectivity index (χ0) is 11.5. The molecular weight excluding hydrogens is 190 g/mol. The van der Waals surface area contributed by atoms with Crippen LogP contribution in [0.5, 0.6) is 0 Å². The van der Waals surface area contributed by atoms with Crippen LogP contribution in [0.4, 0.5) is 0 Å².